The summed E-state index contributed by atoms with van der Waals surface area (Å²) in [4.78, 5) is 11.6. The van der Waals surface area contributed by atoms with Gasteiger partial charge >= 0.3 is 0 Å². The zero-order valence-corrected chi connectivity index (χ0v) is 12.6. The summed E-state index contributed by atoms with van der Waals surface area (Å²) < 4.78 is 0.677. The molecular formula is C13H13IO2S. The molecule has 2 rings (SSSR count). The van der Waals surface area contributed by atoms with Crippen molar-refractivity contribution in [2.24, 2.45) is 0 Å². The van der Waals surface area contributed by atoms with E-state index < -0.39 is 4.75 Å². The molecule has 0 aliphatic carbocycles. The quantitative estimate of drug-likeness (QED) is 0.818. The number of carbonyl (C=O) groups is 1. The van der Waals surface area contributed by atoms with E-state index in [4.69, 9.17) is 0 Å². The number of benzene rings is 1. The summed E-state index contributed by atoms with van der Waals surface area (Å²) >= 11 is 3.48. The van der Waals surface area contributed by atoms with Crippen LogP contribution in [0.3, 0.4) is 0 Å². The van der Waals surface area contributed by atoms with Crippen LogP contribution in [0.1, 0.15) is 19.4 Å². The van der Waals surface area contributed by atoms with Gasteiger partial charge in [-0.3, -0.25) is 4.79 Å². The Morgan fingerprint density at radius 2 is 1.94 bits per heavy atom. The molecule has 0 unspecified atom stereocenters. The fraction of sp³-hybridized carbons (Fsp3) is 0.308. The first-order chi connectivity index (χ1) is 7.92. The maximum absolute atomic E-state index is 11.6. The van der Waals surface area contributed by atoms with Crippen molar-refractivity contribution >= 4 is 39.5 Å². The highest BCUT2D eigenvalue weighted by Crippen LogP contribution is 2.44. The summed E-state index contributed by atoms with van der Waals surface area (Å²) in [6.07, 6.45) is 0.670. The third-order valence-electron chi connectivity index (χ3n) is 2.93. The van der Waals surface area contributed by atoms with Crippen LogP contribution in [0.2, 0.25) is 0 Å². The summed E-state index contributed by atoms with van der Waals surface area (Å²) in [6, 6.07) is 8.15. The summed E-state index contributed by atoms with van der Waals surface area (Å²) in [7, 11) is 0. The van der Waals surface area contributed by atoms with E-state index in [0.717, 1.165) is 5.56 Å². The number of halogens is 1. The van der Waals surface area contributed by atoms with Crippen LogP contribution in [0.4, 0.5) is 0 Å². The smallest absolute Gasteiger partial charge is 0.219 e. The van der Waals surface area contributed by atoms with Crippen LogP contribution in [0.25, 0.3) is 0 Å². The van der Waals surface area contributed by atoms with E-state index in [2.05, 4.69) is 22.6 Å². The molecule has 0 saturated heterocycles. The van der Waals surface area contributed by atoms with Crippen molar-refractivity contribution in [1.82, 2.24) is 0 Å². The first kappa shape index (κ1) is 13.0. The Balaban J connectivity index is 2.25. The van der Waals surface area contributed by atoms with E-state index in [-0.39, 0.29) is 10.9 Å². The molecule has 0 bridgehead atoms. The van der Waals surface area contributed by atoms with Gasteiger partial charge in [-0.25, -0.2) is 0 Å². The van der Waals surface area contributed by atoms with Crippen molar-refractivity contribution in [3.8, 4) is 0 Å². The fourth-order valence-electron chi connectivity index (χ4n) is 1.93. The molecule has 0 radical (unpaired) electrons. The van der Waals surface area contributed by atoms with Crippen molar-refractivity contribution in [1.29, 1.82) is 0 Å². The normalized spacial score (nSPS) is 24.5. The van der Waals surface area contributed by atoms with Gasteiger partial charge in [0.15, 0.2) is 0 Å². The lowest BCUT2D eigenvalue weighted by Gasteiger charge is -2.22. The van der Waals surface area contributed by atoms with Crippen LogP contribution in [-0.2, 0) is 11.2 Å². The Hall–Kier alpha value is -0.490. The van der Waals surface area contributed by atoms with Gasteiger partial charge in [0.05, 0.1) is 4.75 Å². The summed E-state index contributed by atoms with van der Waals surface area (Å²) in [6.45, 7) is 3.60. The summed E-state index contributed by atoms with van der Waals surface area (Å²) in [5, 5.41) is 10.0. The van der Waals surface area contributed by atoms with Crippen molar-refractivity contribution in [3.05, 3.63) is 44.7 Å². The highest BCUT2D eigenvalue weighted by atomic mass is 127. The van der Waals surface area contributed by atoms with Crippen LogP contribution in [-0.4, -0.2) is 15.0 Å². The Morgan fingerprint density at radius 1 is 1.35 bits per heavy atom. The van der Waals surface area contributed by atoms with Crippen LogP contribution in [0.5, 0.6) is 0 Å². The predicted molar refractivity (Wildman–Crippen MR) is 79.2 cm³/mol. The number of aliphatic hydroxyl groups excluding tert-OH is 1. The second kappa shape index (κ2) is 4.65. The Kier molecular flexibility index (Phi) is 3.54. The number of thioether (sulfide) groups is 1. The first-order valence-corrected chi connectivity index (χ1v) is 7.20. The first-order valence-electron chi connectivity index (χ1n) is 5.30. The van der Waals surface area contributed by atoms with Crippen molar-refractivity contribution in [2.75, 3.05) is 0 Å². The van der Waals surface area contributed by atoms with Crippen molar-refractivity contribution in [2.45, 2.75) is 25.0 Å². The minimum Gasteiger partial charge on any atom is -0.510 e. The molecule has 0 fully saturated rings. The molecular weight excluding hydrogens is 347 g/mol. The van der Waals surface area contributed by atoms with Crippen molar-refractivity contribution < 1.29 is 9.90 Å². The van der Waals surface area contributed by atoms with E-state index in [9.17, 15) is 9.90 Å². The average Bonchev–Trinajstić information content (AvgIpc) is 2.47. The van der Waals surface area contributed by atoms with Gasteiger partial charge in [-0.2, -0.15) is 0 Å². The molecule has 1 aromatic carbocycles. The molecule has 2 nitrogen and oxygen atoms in total. The lowest BCUT2D eigenvalue weighted by Crippen LogP contribution is -2.23. The molecule has 4 heteroatoms. The molecule has 17 heavy (non-hydrogen) atoms. The molecule has 0 saturated carbocycles. The lowest BCUT2D eigenvalue weighted by molar-refractivity contribution is -0.107. The molecule has 1 heterocycles. The Labute approximate surface area is 119 Å². The third-order valence-corrected chi connectivity index (χ3v) is 4.93. The molecule has 0 spiro atoms. The zero-order valence-electron chi connectivity index (χ0n) is 9.66. The molecule has 1 aliphatic rings. The Bertz CT molecular complexity index is 493. The van der Waals surface area contributed by atoms with Gasteiger partial charge in [-0.1, -0.05) is 23.9 Å². The van der Waals surface area contributed by atoms with E-state index in [1.165, 1.54) is 15.3 Å². The maximum Gasteiger partial charge on any atom is 0.219 e. The number of aliphatic hydroxyl groups is 1. The Morgan fingerprint density at radius 3 is 2.41 bits per heavy atom. The molecule has 1 atom stereocenters. The molecule has 1 N–H and O–H groups in total. The minimum absolute atomic E-state index is 0.0180. The fourth-order valence-corrected chi connectivity index (χ4v) is 3.44. The SMILES string of the molecule is CC1=C(O)[C@](C)(Cc2ccc(I)cc2)SC1=O. The molecule has 0 aromatic heterocycles. The topological polar surface area (TPSA) is 37.3 Å². The highest BCUT2D eigenvalue weighted by Gasteiger charge is 2.41. The standard InChI is InChI=1S/C13H13IO2S/c1-8-11(15)13(2,17-12(8)16)7-9-3-5-10(14)6-4-9/h3-6,15H,7H2,1-2H3/t13-/m0/s1. The largest absolute Gasteiger partial charge is 0.510 e. The zero-order chi connectivity index (χ0) is 12.6. The second-order valence-electron chi connectivity index (χ2n) is 4.40. The maximum atomic E-state index is 11.6. The third kappa shape index (κ3) is 2.52. The highest BCUT2D eigenvalue weighted by molar-refractivity contribution is 14.1. The predicted octanol–water partition coefficient (Wildman–Crippen LogP) is 3.70. The van der Waals surface area contributed by atoms with Crippen LogP contribution < -0.4 is 0 Å². The monoisotopic (exact) mass is 360 g/mol. The lowest BCUT2D eigenvalue weighted by atomic mass is 9.96. The number of rotatable bonds is 2. The molecule has 90 valence electrons. The van der Waals surface area contributed by atoms with Crippen LogP contribution in [0.15, 0.2) is 35.6 Å². The number of hydrogen-bond acceptors (Lipinski definition) is 3. The van der Waals surface area contributed by atoms with Crippen LogP contribution >= 0.6 is 34.4 Å². The molecule has 1 aliphatic heterocycles. The van der Waals surface area contributed by atoms with Gasteiger partial charge in [-0.05, 0) is 60.6 Å². The molecule has 1 aromatic rings. The van der Waals surface area contributed by atoms with Gasteiger partial charge in [-0.15, -0.1) is 0 Å². The minimum atomic E-state index is -0.506. The summed E-state index contributed by atoms with van der Waals surface area (Å²) in [5.41, 5.74) is 1.62. The molecule has 0 amide bonds. The van der Waals surface area contributed by atoms with E-state index >= 15 is 0 Å². The summed E-state index contributed by atoms with van der Waals surface area (Å²) in [5.74, 6) is 0.228. The van der Waals surface area contributed by atoms with Gasteiger partial charge in [0, 0.05) is 9.14 Å². The second-order valence-corrected chi connectivity index (χ2v) is 7.12. The average molecular weight is 360 g/mol. The van der Waals surface area contributed by atoms with Gasteiger partial charge in [0.2, 0.25) is 5.12 Å². The van der Waals surface area contributed by atoms with Gasteiger partial charge in [0.25, 0.3) is 0 Å². The van der Waals surface area contributed by atoms with Crippen LogP contribution in [0, 0.1) is 3.57 Å². The van der Waals surface area contributed by atoms with E-state index in [1.54, 1.807) is 6.92 Å². The number of hydrogen-bond donors (Lipinski definition) is 1. The van der Waals surface area contributed by atoms with Gasteiger partial charge in [0.1, 0.15) is 5.76 Å². The number of carbonyl (C=O) groups excluding carboxylic acids is 1. The van der Waals surface area contributed by atoms with Gasteiger partial charge < -0.3 is 5.11 Å². The van der Waals surface area contributed by atoms with E-state index in [0.29, 0.717) is 12.0 Å². The van der Waals surface area contributed by atoms with E-state index in [1.807, 2.05) is 31.2 Å². The van der Waals surface area contributed by atoms with Crippen molar-refractivity contribution in [3.63, 3.8) is 0 Å².